The maximum Gasteiger partial charge on any atom is 0.407 e. The van der Waals surface area contributed by atoms with Crippen LogP contribution in [0.1, 0.15) is 20.8 Å². The van der Waals surface area contributed by atoms with E-state index < -0.39 is 11.7 Å². The number of hydrogen-bond donors (Lipinski definition) is 1. The van der Waals surface area contributed by atoms with Crippen LogP contribution in [0.4, 0.5) is 4.79 Å². The van der Waals surface area contributed by atoms with Gasteiger partial charge >= 0.3 is 6.09 Å². The molecule has 0 rings (SSSR count). The first-order chi connectivity index (χ1) is 14.0. The lowest BCUT2D eigenvalue weighted by Gasteiger charge is -2.19. The van der Waals surface area contributed by atoms with Crippen molar-refractivity contribution >= 4 is 17.7 Å². The number of carbonyl (C=O) groups excluding carboxylic acids is 1. The molecule has 0 aliphatic heterocycles. The molecule has 0 aliphatic carbocycles. The summed E-state index contributed by atoms with van der Waals surface area (Å²) < 4.78 is 37.1. The molecule has 9 nitrogen and oxygen atoms in total. The van der Waals surface area contributed by atoms with Crippen molar-refractivity contribution in [2.45, 2.75) is 26.4 Å². The lowest BCUT2D eigenvalue weighted by atomic mass is 10.2. The first-order valence-corrected chi connectivity index (χ1v) is 10.5. The van der Waals surface area contributed by atoms with Crippen LogP contribution in [0.5, 0.6) is 0 Å². The summed E-state index contributed by atoms with van der Waals surface area (Å²) in [7, 11) is 0. The van der Waals surface area contributed by atoms with E-state index in [0.717, 1.165) is 0 Å². The molecule has 0 atom stereocenters. The van der Waals surface area contributed by atoms with E-state index in [-0.39, 0.29) is 0 Å². The predicted octanol–water partition coefficient (Wildman–Crippen LogP) is 1.85. The Morgan fingerprint density at radius 3 is 1.34 bits per heavy atom. The van der Waals surface area contributed by atoms with Crippen molar-refractivity contribution in [2.24, 2.45) is 0 Å². The average molecular weight is 444 g/mol. The van der Waals surface area contributed by atoms with Gasteiger partial charge in [-0.05, 0) is 20.8 Å². The van der Waals surface area contributed by atoms with Crippen molar-refractivity contribution in [3.63, 3.8) is 0 Å². The monoisotopic (exact) mass is 443 g/mol. The Kier molecular flexibility index (Phi) is 20.1. The topological polar surface area (TPSA) is 93.7 Å². The molecule has 0 heterocycles. The fourth-order valence-corrected chi connectivity index (χ4v) is 1.90. The number of amides is 1. The predicted molar refractivity (Wildman–Crippen MR) is 110 cm³/mol. The van der Waals surface area contributed by atoms with Crippen LogP contribution in [0.2, 0.25) is 0 Å². The largest absolute Gasteiger partial charge is 0.444 e. The van der Waals surface area contributed by atoms with Gasteiger partial charge in [0.15, 0.2) is 0 Å². The number of nitrogens with one attached hydrogen (secondary N) is 1. The summed E-state index contributed by atoms with van der Waals surface area (Å²) in [6.07, 6.45) is -0.446. The van der Waals surface area contributed by atoms with Crippen LogP contribution in [0.15, 0.2) is 0 Å². The highest BCUT2D eigenvalue weighted by Gasteiger charge is 2.15. The van der Waals surface area contributed by atoms with Crippen LogP contribution < -0.4 is 5.32 Å². The Morgan fingerprint density at radius 1 is 0.655 bits per heavy atom. The number of rotatable bonds is 20. The third kappa shape index (κ3) is 25.3. The third-order valence-electron chi connectivity index (χ3n) is 3.00. The molecule has 0 unspecified atom stereocenters. The zero-order valence-corrected chi connectivity index (χ0v) is 18.8. The smallest absolute Gasteiger partial charge is 0.407 e. The zero-order valence-electron chi connectivity index (χ0n) is 18.0. The molecule has 0 aromatic carbocycles. The van der Waals surface area contributed by atoms with Crippen LogP contribution in [0, 0.1) is 0 Å². The maximum absolute atomic E-state index is 11.4. The van der Waals surface area contributed by atoms with Gasteiger partial charge in [0.2, 0.25) is 0 Å². The molecule has 1 amide bonds. The number of alkyl halides is 1. The van der Waals surface area contributed by atoms with Crippen LogP contribution in [-0.4, -0.2) is 103 Å². The summed E-state index contributed by atoms with van der Waals surface area (Å²) in [5.41, 5.74) is -0.499. The highest BCUT2D eigenvalue weighted by molar-refractivity contribution is 6.17. The second kappa shape index (κ2) is 20.6. The molecule has 174 valence electrons. The SMILES string of the molecule is CC(C)(C)OC(=O)NCCOCCOCCOCCOCCOCCOCCCl. The summed E-state index contributed by atoms with van der Waals surface area (Å²) in [5, 5.41) is 2.62. The molecule has 10 heteroatoms. The molecule has 0 spiro atoms. The summed E-state index contributed by atoms with van der Waals surface area (Å²) in [5.74, 6) is 0.497. The summed E-state index contributed by atoms with van der Waals surface area (Å²) in [6.45, 7) is 11.9. The Labute approximate surface area is 179 Å². The fourth-order valence-electron chi connectivity index (χ4n) is 1.80. The fraction of sp³-hybridized carbons (Fsp3) is 0.947. The van der Waals surface area contributed by atoms with Crippen molar-refractivity contribution in [1.82, 2.24) is 5.32 Å². The lowest BCUT2D eigenvalue weighted by molar-refractivity contribution is -0.0160. The van der Waals surface area contributed by atoms with E-state index in [9.17, 15) is 4.79 Å². The van der Waals surface area contributed by atoms with Crippen molar-refractivity contribution in [3.05, 3.63) is 0 Å². The molecule has 0 fully saturated rings. The van der Waals surface area contributed by atoms with Crippen LogP contribution in [0.25, 0.3) is 0 Å². The molecular formula is C19H38ClNO8. The van der Waals surface area contributed by atoms with Gasteiger partial charge in [0.05, 0.1) is 79.3 Å². The summed E-state index contributed by atoms with van der Waals surface area (Å²) in [4.78, 5) is 11.4. The number of hydrogen-bond acceptors (Lipinski definition) is 8. The van der Waals surface area contributed by atoms with Gasteiger partial charge in [-0.1, -0.05) is 0 Å². The van der Waals surface area contributed by atoms with E-state index in [2.05, 4.69) is 5.32 Å². The summed E-state index contributed by atoms with van der Waals surface area (Å²) >= 11 is 5.48. The lowest BCUT2D eigenvalue weighted by Crippen LogP contribution is -2.34. The minimum Gasteiger partial charge on any atom is -0.444 e. The van der Waals surface area contributed by atoms with Crippen LogP contribution in [0.3, 0.4) is 0 Å². The molecule has 0 saturated carbocycles. The molecule has 0 aromatic heterocycles. The standard InChI is InChI=1S/C19H38ClNO8/c1-19(2,3)29-18(22)21-5-7-24-9-11-26-13-15-28-17-16-27-14-12-25-10-8-23-6-4-20/h4-17H2,1-3H3,(H,21,22). The minimum atomic E-state index is -0.499. The zero-order chi connectivity index (χ0) is 21.6. The molecule has 0 aliphatic rings. The first-order valence-electron chi connectivity index (χ1n) is 9.95. The molecule has 0 aromatic rings. The molecular weight excluding hydrogens is 406 g/mol. The Bertz CT molecular complexity index is 369. The van der Waals surface area contributed by atoms with E-state index in [0.29, 0.717) is 91.7 Å². The van der Waals surface area contributed by atoms with Gasteiger partial charge < -0.3 is 38.5 Å². The Balaban J connectivity index is 3.11. The van der Waals surface area contributed by atoms with E-state index in [1.807, 2.05) is 20.8 Å². The van der Waals surface area contributed by atoms with Crippen LogP contribution >= 0.6 is 11.6 Å². The number of halogens is 1. The van der Waals surface area contributed by atoms with E-state index in [4.69, 9.17) is 44.8 Å². The van der Waals surface area contributed by atoms with Gasteiger partial charge in [0.25, 0.3) is 0 Å². The second-order valence-corrected chi connectivity index (χ2v) is 7.17. The van der Waals surface area contributed by atoms with Gasteiger partial charge in [0.1, 0.15) is 5.60 Å². The van der Waals surface area contributed by atoms with Gasteiger partial charge in [-0.2, -0.15) is 0 Å². The van der Waals surface area contributed by atoms with Crippen molar-refractivity contribution < 1.29 is 38.0 Å². The molecule has 1 N–H and O–H groups in total. The highest BCUT2D eigenvalue weighted by Crippen LogP contribution is 2.05. The van der Waals surface area contributed by atoms with Gasteiger partial charge in [-0.15, -0.1) is 11.6 Å². The molecule has 0 saturated heterocycles. The van der Waals surface area contributed by atoms with Gasteiger partial charge in [-0.3, -0.25) is 0 Å². The first kappa shape index (κ1) is 28.3. The minimum absolute atomic E-state index is 0.394. The third-order valence-corrected chi connectivity index (χ3v) is 3.15. The van der Waals surface area contributed by atoms with E-state index in [1.54, 1.807) is 0 Å². The number of ether oxygens (including phenoxy) is 7. The van der Waals surface area contributed by atoms with E-state index in [1.165, 1.54) is 0 Å². The van der Waals surface area contributed by atoms with E-state index >= 15 is 0 Å². The maximum atomic E-state index is 11.4. The Morgan fingerprint density at radius 2 is 1.00 bits per heavy atom. The van der Waals surface area contributed by atoms with Crippen LogP contribution in [-0.2, 0) is 33.2 Å². The molecule has 0 radical (unpaired) electrons. The quantitative estimate of drug-likeness (QED) is 0.225. The van der Waals surface area contributed by atoms with Crippen molar-refractivity contribution in [3.8, 4) is 0 Å². The highest BCUT2D eigenvalue weighted by atomic mass is 35.5. The normalized spacial score (nSPS) is 11.6. The Hall–Kier alpha value is -0.680. The van der Waals surface area contributed by atoms with Gasteiger partial charge in [-0.25, -0.2) is 4.79 Å². The number of carbonyl (C=O) groups is 1. The van der Waals surface area contributed by atoms with Crippen molar-refractivity contribution in [2.75, 3.05) is 91.7 Å². The molecule has 29 heavy (non-hydrogen) atoms. The second-order valence-electron chi connectivity index (χ2n) is 6.79. The van der Waals surface area contributed by atoms with Gasteiger partial charge in [0, 0.05) is 12.4 Å². The molecule has 0 bridgehead atoms. The number of alkyl carbamates (subject to hydrolysis) is 1. The average Bonchev–Trinajstić information content (AvgIpc) is 2.65. The summed E-state index contributed by atoms with van der Waals surface area (Å²) in [6, 6.07) is 0. The van der Waals surface area contributed by atoms with Crippen molar-refractivity contribution in [1.29, 1.82) is 0 Å².